The highest BCUT2D eigenvalue weighted by atomic mass is 16.5. The van der Waals surface area contributed by atoms with Crippen molar-refractivity contribution in [1.82, 2.24) is 9.80 Å². The van der Waals surface area contributed by atoms with Crippen molar-refractivity contribution in [3.8, 4) is 11.5 Å². The number of hydrogen-bond acceptors (Lipinski definition) is 6. The second-order valence-electron chi connectivity index (χ2n) is 7.70. The fraction of sp³-hybridized carbons (Fsp3) is 0.360. The zero-order valence-electron chi connectivity index (χ0n) is 18.7. The lowest BCUT2D eigenvalue weighted by atomic mass is 9.95. The average Bonchev–Trinajstić information content (AvgIpc) is 3.07. The summed E-state index contributed by atoms with van der Waals surface area (Å²) in [5.74, 6) is -0.978. The fourth-order valence-corrected chi connectivity index (χ4v) is 4.04. The number of aromatic hydroxyl groups is 1. The van der Waals surface area contributed by atoms with Gasteiger partial charge in [-0.1, -0.05) is 38.1 Å². The minimum Gasteiger partial charge on any atom is -0.508 e. The smallest absolute Gasteiger partial charge is 0.295 e. The van der Waals surface area contributed by atoms with E-state index >= 15 is 0 Å². The molecule has 0 aliphatic carbocycles. The number of phenols is 1. The number of amides is 1. The van der Waals surface area contributed by atoms with Gasteiger partial charge in [0.25, 0.3) is 11.7 Å². The molecule has 1 amide bonds. The van der Waals surface area contributed by atoms with Crippen LogP contribution in [-0.4, -0.2) is 65.0 Å². The van der Waals surface area contributed by atoms with Crippen LogP contribution in [0.2, 0.25) is 0 Å². The molecule has 1 fully saturated rings. The third kappa shape index (κ3) is 4.78. The number of carbonyl (C=O) groups excluding carboxylic acids is 2. The van der Waals surface area contributed by atoms with E-state index in [9.17, 15) is 19.8 Å². The molecule has 1 heterocycles. The number of ether oxygens (including phenoxy) is 1. The first-order valence-electron chi connectivity index (χ1n) is 10.8. The van der Waals surface area contributed by atoms with Crippen LogP contribution in [0.3, 0.4) is 0 Å². The maximum absolute atomic E-state index is 13.0. The molecule has 1 saturated heterocycles. The maximum atomic E-state index is 13.0. The van der Waals surface area contributed by atoms with Crippen molar-refractivity contribution in [3.63, 3.8) is 0 Å². The van der Waals surface area contributed by atoms with Crippen LogP contribution in [0, 0.1) is 0 Å². The summed E-state index contributed by atoms with van der Waals surface area (Å²) in [6.07, 6.45) is 0.697. The normalized spacial score (nSPS) is 17.9. The Hall–Kier alpha value is -3.32. The number of carbonyl (C=O) groups is 2. The van der Waals surface area contributed by atoms with E-state index < -0.39 is 17.7 Å². The van der Waals surface area contributed by atoms with Crippen LogP contribution in [0.15, 0.2) is 54.1 Å². The van der Waals surface area contributed by atoms with Gasteiger partial charge in [-0.15, -0.1) is 0 Å². The van der Waals surface area contributed by atoms with Gasteiger partial charge in [0.1, 0.15) is 17.3 Å². The Balaban J connectivity index is 2.03. The van der Waals surface area contributed by atoms with E-state index in [1.807, 2.05) is 0 Å². The predicted molar refractivity (Wildman–Crippen MR) is 123 cm³/mol. The molecule has 1 unspecified atom stereocenters. The summed E-state index contributed by atoms with van der Waals surface area (Å²) < 4.78 is 5.23. The summed E-state index contributed by atoms with van der Waals surface area (Å²) in [5.41, 5.74) is 1.08. The van der Waals surface area contributed by atoms with Crippen molar-refractivity contribution in [1.29, 1.82) is 0 Å². The molecule has 170 valence electrons. The number of nitrogens with zero attached hydrogens (tertiary/aromatic N) is 2. The lowest BCUT2D eigenvalue weighted by molar-refractivity contribution is -0.140. The number of methoxy groups -OCH3 is 1. The lowest BCUT2D eigenvalue weighted by Crippen LogP contribution is -2.33. The van der Waals surface area contributed by atoms with Crippen LogP contribution >= 0.6 is 0 Å². The van der Waals surface area contributed by atoms with E-state index in [-0.39, 0.29) is 17.1 Å². The summed E-state index contributed by atoms with van der Waals surface area (Å²) in [4.78, 5) is 29.8. The standard InChI is InChI=1S/C25H30N2O5/c1-4-26(5-2)14-7-15-27-22(17-10-12-19(28)13-11-17)21(24(30)25(27)31)23(29)18-8-6-9-20(16-18)32-3/h6,8-13,16,22,28-29H,4-5,7,14-15H2,1-3H3. The van der Waals surface area contributed by atoms with E-state index in [4.69, 9.17) is 4.74 Å². The number of aliphatic hydroxyl groups is 1. The quantitative estimate of drug-likeness (QED) is 0.354. The van der Waals surface area contributed by atoms with Crippen LogP contribution in [-0.2, 0) is 9.59 Å². The number of ketones is 1. The molecule has 1 aliphatic heterocycles. The number of rotatable bonds is 9. The van der Waals surface area contributed by atoms with Crippen molar-refractivity contribution in [2.24, 2.45) is 0 Å². The van der Waals surface area contributed by atoms with Gasteiger partial charge in [0.2, 0.25) is 0 Å². The zero-order chi connectivity index (χ0) is 23.3. The molecule has 7 nitrogen and oxygen atoms in total. The SMILES string of the molecule is CCN(CC)CCCN1C(=O)C(=O)C(=C(O)c2cccc(OC)c2)C1c1ccc(O)cc1. The Kier molecular flexibility index (Phi) is 7.53. The molecule has 1 aliphatic rings. The molecule has 2 aromatic rings. The molecule has 1 atom stereocenters. The molecular weight excluding hydrogens is 408 g/mol. The van der Waals surface area contributed by atoms with Crippen LogP contribution in [0.25, 0.3) is 5.76 Å². The molecule has 0 radical (unpaired) electrons. The van der Waals surface area contributed by atoms with Gasteiger partial charge in [0, 0.05) is 12.1 Å². The highest BCUT2D eigenvalue weighted by Crippen LogP contribution is 2.40. The van der Waals surface area contributed by atoms with Gasteiger partial charge in [0.05, 0.1) is 18.7 Å². The molecule has 0 saturated carbocycles. The van der Waals surface area contributed by atoms with E-state index in [0.29, 0.717) is 29.8 Å². The average molecular weight is 439 g/mol. The first kappa shape index (κ1) is 23.3. The second-order valence-corrected chi connectivity index (χ2v) is 7.70. The molecular formula is C25H30N2O5. The first-order chi connectivity index (χ1) is 15.4. The lowest BCUT2D eigenvalue weighted by Gasteiger charge is -2.26. The van der Waals surface area contributed by atoms with Gasteiger partial charge < -0.3 is 24.7 Å². The zero-order valence-corrected chi connectivity index (χ0v) is 18.7. The van der Waals surface area contributed by atoms with Crippen LogP contribution < -0.4 is 4.74 Å². The van der Waals surface area contributed by atoms with Gasteiger partial charge in [-0.2, -0.15) is 0 Å². The van der Waals surface area contributed by atoms with Gasteiger partial charge >= 0.3 is 0 Å². The summed E-state index contributed by atoms with van der Waals surface area (Å²) in [7, 11) is 1.52. The summed E-state index contributed by atoms with van der Waals surface area (Å²) in [6, 6.07) is 12.4. The molecule has 7 heteroatoms. The Morgan fingerprint density at radius 1 is 1.09 bits per heavy atom. The molecule has 3 rings (SSSR count). The number of benzene rings is 2. The molecule has 2 N–H and O–H groups in total. The van der Waals surface area contributed by atoms with Gasteiger partial charge in [-0.05, 0) is 55.9 Å². The molecule has 0 spiro atoms. The first-order valence-corrected chi connectivity index (χ1v) is 10.8. The fourth-order valence-electron chi connectivity index (χ4n) is 4.04. The number of likely N-dealkylation sites (tertiary alicyclic amines) is 1. The highest BCUT2D eigenvalue weighted by molar-refractivity contribution is 6.46. The third-order valence-electron chi connectivity index (χ3n) is 5.86. The van der Waals surface area contributed by atoms with Crippen LogP contribution in [0.4, 0.5) is 0 Å². The predicted octanol–water partition coefficient (Wildman–Crippen LogP) is 3.55. The third-order valence-corrected chi connectivity index (χ3v) is 5.86. The summed E-state index contributed by atoms with van der Waals surface area (Å²) in [6.45, 7) is 7.16. The Labute approximate surface area is 188 Å². The van der Waals surface area contributed by atoms with Gasteiger partial charge in [-0.3, -0.25) is 9.59 Å². The molecule has 0 aromatic heterocycles. The van der Waals surface area contributed by atoms with E-state index in [0.717, 1.165) is 19.6 Å². The number of Topliss-reactive ketones (excluding diaryl/α,β-unsaturated/α-hetero) is 1. The Morgan fingerprint density at radius 2 is 1.78 bits per heavy atom. The van der Waals surface area contributed by atoms with E-state index in [1.54, 1.807) is 36.4 Å². The van der Waals surface area contributed by atoms with Crippen LogP contribution in [0.5, 0.6) is 11.5 Å². The summed E-state index contributed by atoms with van der Waals surface area (Å²) >= 11 is 0. The Bertz CT molecular complexity index is 996. The van der Waals surface area contributed by atoms with Crippen LogP contribution in [0.1, 0.15) is 37.4 Å². The van der Waals surface area contributed by atoms with Crippen molar-refractivity contribution in [2.75, 3.05) is 33.3 Å². The monoisotopic (exact) mass is 438 g/mol. The number of phenolic OH excluding ortho intramolecular Hbond substituents is 1. The second kappa shape index (κ2) is 10.3. The van der Waals surface area contributed by atoms with E-state index in [2.05, 4.69) is 18.7 Å². The van der Waals surface area contributed by atoms with Gasteiger partial charge in [-0.25, -0.2) is 0 Å². The van der Waals surface area contributed by atoms with Crippen molar-refractivity contribution in [3.05, 3.63) is 65.2 Å². The minimum atomic E-state index is -0.737. The van der Waals surface area contributed by atoms with Crippen molar-refractivity contribution >= 4 is 17.4 Å². The van der Waals surface area contributed by atoms with Crippen molar-refractivity contribution < 1.29 is 24.5 Å². The molecule has 0 bridgehead atoms. The minimum absolute atomic E-state index is 0.0387. The number of hydrogen-bond donors (Lipinski definition) is 2. The largest absolute Gasteiger partial charge is 0.508 e. The summed E-state index contributed by atoms with van der Waals surface area (Å²) in [5, 5.41) is 20.8. The molecule has 2 aromatic carbocycles. The van der Waals surface area contributed by atoms with Gasteiger partial charge in [0.15, 0.2) is 0 Å². The van der Waals surface area contributed by atoms with Crippen molar-refractivity contribution in [2.45, 2.75) is 26.3 Å². The molecule has 32 heavy (non-hydrogen) atoms. The number of aliphatic hydroxyl groups excluding tert-OH is 1. The maximum Gasteiger partial charge on any atom is 0.295 e. The highest BCUT2D eigenvalue weighted by Gasteiger charge is 2.45. The van der Waals surface area contributed by atoms with E-state index in [1.165, 1.54) is 24.1 Å². The topological polar surface area (TPSA) is 90.3 Å². The Morgan fingerprint density at radius 3 is 2.41 bits per heavy atom.